The van der Waals surface area contributed by atoms with Crippen molar-refractivity contribution in [3.8, 4) is 5.75 Å². The van der Waals surface area contributed by atoms with E-state index in [1.165, 1.54) is 30.2 Å². The normalized spacial score (nSPS) is 15.4. The molecule has 1 aliphatic heterocycles. The average Bonchev–Trinajstić information content (AvgIpc) is 3.02. The molecule has 0 radical (unpaired) electrons. The fourth-order valence-corrected chi connectivity index (χ4v) is 4.09. The van der Waals surface area contributed by atoms with E-state index >= 15 is 8.78 Å². The van der Waals surface area contributed by atoms with E-state index in [1.54, 1.807) is 54.6 Å². The van der Waals surface area contributed by atoms with Crippen molar-refractivity contribution in [2.24, 2.45) is 0 Å². The van der Waals surface area contributed by atoms with Crippen LogP contribution in [0.4, 0.5) is 20.2 Å². The number of halogens is 2. The summed E-state index contributed by atoms with van der Waals surface area (Å²) in [4.78, 5) is 39.1. The number of fused-ring (bicyclic) bond motifs is 1. The first kappa shape index (κ1) is 25.6. The number of nitrogens with one attached hydrogen (secondary N) is 1. The van der Waals surface area contributed by atoms with Gasteiger partial charge >= 0.3 is 5.97 Å². The number of carbonyl (C=O) groups is 3. The number of anilines is 2. The molecule has 37 heavy (non-hydrogen) atoms. The topological polar surface area (TPSA) is 84.9 Å². The van der Waals surface area contributed by atoms with Crippen LogP contribution in [-0.4, -0.2) is 44.5 Å². The molecule has 0 fully saturated rings. The molecule has 0 saturated heterocycles. The van der Waals surface area contributed by atoms with Gasteiger partial charge in [-0.05, 0) is 42.5 Å². The first-order valence-corrected chi connectivity index (χ1v) is 11.4. The molecular formula is C28H24F2N2O5. The molecule has 0 aromatic heterocycles. The first-order chi connectivity index (χ1) is 17.7. The van der Waals surface area contributed by atoms with Crippen molar-refractivity contribution in [1.29, 1.82) is 0 Å². The lowest BCUT2D eigenvalue weighted by Crippen LogP contribution is -2.33. The predicted octanol–water partition coefficient (Wildman–Crippen LogP) is 5.19. The Hall–Kier alpha value is -4.53. The Labute approximate surface area is 212 Å². The van der Waals surface area contributed by atoms with Gasteiger partial charge in [-0.2, -0.15) is 0 Å². The maximum Gasteiger partial charge on any atom is 0.330 e. The summed E-state index contributed by atoms with van der Waals surface area (Å²) in [7, 11) is 2.58. The van der Waals surface area contributed by atoms with Crippen LogP contribution in [0.2, 0.25) is 0 Å². The number of nitrogens with zero attached hydrogens (tertiary/aromatic N) is 1. The molecule has 7 nitrogen and oxygen atoms in total. The molecule has 3 aromatic rings. The van der Waals surface area contributed by atoms with Gasteiger partial charge in [0.05, 0.1) is 25.5 Å². The Balaban J connectivity index is 1.60. The van der Waals surface area contributed by atoms with E-state index in [1.807, 2.05) is 0 Å². The van der Waals surface area contributed by atoms with Crippen molar-refractivity contribution >= 4 is 34.7 Å². The minimum atomic E-state index is -3.36. The highest BCUT2D eigenvalue weighted by Gasteiger charge is 2.41. The van der Waals surface area contributed by atoms with E-state index in [2.05, 4.69) is 10.1 Å². The largest absolute Gasteiger partial charge is 0.496 e. The van der Waals surface area contributed by atoms with Gasteiger partial charge in [0, 0.05) is 41.4 Å². The Morgan fingerprint density at radius 3 is 2.32 bits per heavy atom. The number of methoxy groups -OCH3 is 2. The van der Waals surface area contributed by atoms with Gasteiger partial charge in [0.15, 0.2) is 0 Å². The zero-order chi connectivity index (χ0) is 26.6. The van der Waals surface area contributed by atoms with Gasteiger partial charge in [-0.15, -0.1) is 0 Å². The third-order valence-electron chi connectivity index (χ3n) is 5.98. The van der Waals surface area contributed by atoms with E-state index < -0.39 is 29.8 Å². The number of benzene rings is 3. The van der Waals surface area contributed by atoms with Crippen LogP contribution in [0, 0.1) is 0 Å². The lowest BCUT2D eigenvalue weighted by molar-refractivity contribution is -0.134. The summed E-state index contributed by atoms with van der Waals surface area (Å²) in [6.07, 6.45) is 0.0926. The number of esters is 1. The molecule has 0 unspecified atom stereocenters. The Bertz CT molecular complexity index is 1370. The van der Waals surface area contributed by atoms with Crippen molar-refractivity contribution < 1.29 is 32.6 Å². The zero-order valence-corrected chi connectivity index (χ0v) is 20.2. The minimum Gasteiger partial charge on any atom is -0.496 e. The zero-order valence-electron chi connectivity index (χ0n) is 20.2. The van der Waals surface area contributed by atoms with Crippen LogP contribution in [0.25, 0.3) is 5.57 Å². The van der Waals surface area contributed by atoms with Crippen LogP contribution in [0.1, 0.15) is 32.7 Å². The fourth-order valence-electron chi connectivity index (χ4n) is 4.09. The van der Waals surface area contributed by atoms with Gasteiger partial charge < -0.3 is 19.7 Å². The molecule has 1 N–H and O–H groups in total. The third kappa shape index (κ3) is 5.35. The van der Waals surface area contributed by atoms with Gasteiger partial charge in [0.2, 0.25) is 0 Å². The van der Waals surface area contributed by atoms with Gasteiger partial charge in [-0.25, -0.2) is 13.6 Å². The minimum absolute atomic E-state index is 0.0736. The van der Waals surface area contributed by atoms with E-state index in [4.69, 9.17) is 4.74 Å². The summed E-state index contributed by atoms with van der Waals surface area (Å²) in [6.45, 7) is -0.270. The number of alkyl halides is 2. The highest BCUT2D eigenvalue weighted by Crippen LogP contribution is 2.43. The molecule has 2 amide bonds. The van der Waals surface area contributed by atoms with Crippen LogP contribution in [0.15, 0.2) is 78.9 Å². The monoisotopic (exact) mass is 506 g/mol. The number of hydrogen-bond donors (Lipinski definition) is 1. The smallest absolute Gasteiger partial charge is 0.330 e. The third-order valence-corrected chi connectivity index (χ3v) is 5.98. The van der Waals surface area contributed by atoms with E-state index in [0.29, 0.717) is 17.0 Å². The molecule has 0 saturated carbocycles. The molecule has 0 bridgehead atoms. The maximum absolute atomic E-state index is 15.0. The van der Waals surface area contributed by atoms with Gasteiger partial charge in [0.1, 0.15) is 5.75 Å². The van der Waals surface area contributed by atoms with E-state index in [-0.39, 0.29) is 29.3 Å². The summed E-state index contributed by atoms with van der Waals surface area (Å²) in [5, 5.41) is 2.75. The number of para-hydroxylation sites is 2. The summed E-state index contributed by atoms with van der Waals surface area (Å²) < 4.78 is 39.9. The molecule has 3 aromatic carbocycles. The molecule has 4 rings (SSSR count). The van der Waals surface area contributed by atoms with Crippen molar-refractivity contribution in [1.82, 2.24) is 0 Å². The highest BCUT2D eigenvalue weighted by molar-refractivity contribution is 6.10. The standard InChI is InChI=1S/C28H24F2N2O5/c1-36-24-10-6-4-8-21(24)26(34)31-19-13-11-18(12-14-19)27(35)32-16-15-28(29,30)22(17-25(33)37-2)20-7-3-5-9-23(20)32/h3-14,17H,15-16H2,1-2H3,(H,31,34)/b22-17-. The second-order valence-corrected chi connectivity index (χ2v) is 8.24. The lowest BCUT2D eigenvalue weighted by Gasteiger charge is -2.23. The van der Waals surface area contributed by atoms with Gasteiger partial charge in [-0.3, -0.25) is 9.59 Å². The molecule has 1 heterocycles. The van der Waals surface area contributed by atoms with E-state index in [0.717, 1.165) is 13.2 Å². The Morgan fingerprint density at radius 1 is 0.946 bits per heavy atom. The number of hydrogen-bond acceptors (Lipinski definition) is 5. The Kier molecular flexibility index (Phi) is 7.33. The second kappa shape index (κ2) is 10.6. The molecule has 0 aliphatic carbocycles. The van der Waals surface area contributed by atoms with Crippen LogP contribution in [-0.2, 0) is 9.53 Å². The number of allylic oxidation sites excluding steroid dienone is 1. The number of carbonyl (C=O) groups excluding carboxylic acids is 3. The molecule has 9 heteroatoms. The van der Waals surface area contributed by atoms with Crippen molar-refractivity contribution in [2.75, 3.05) is 31.0 Å². The van der Waals surface area contributed by atoms with Crippen molar-refractivity contribution in [3.05, 3.63) is 95.6 Å². The van der Waals surface area contributed by atoms with Crippen LogP contribution in [0.5, 0.6) is 5.75 Å². The van der Waals surface area contributed by atoms with Gasteiger partial charge in [-0.1, -0.05) is 30.3 Å². The van der Waals surface area contributed by atoms with E-state index in [9.17, 15) is 14.4 Å². The number of rotatable bonds is 5. The summed E-state index contributed by atoms with van der Waals surface area (Å²) in [5.74, 6) is -4.72. The number of ether oxygens (including phenoxy) is 2. The van der Waals surface area contributed by atoms with Crippen molar-refractivity contribution in [3.63, 3.8) is 0 Å². The van der Waals surface area contributed by atoms with Gasteiger partial charge in [0.25, 0.3) is 17.7 Å². The molecule has 190 valence electrons. The second-order valence-electron chi connectivity index (χ2n) is 8.24. The summed E-state index contributed by atoms with van der Waals surface area (Å²) in [5.41, 5.74) is 0.868. The quantitative estimate of drug-likeness (QED) is 0.380. The van der Waals surface area contributed by atoms with Crippen molar-refractivity contribution in [2.45, 2.75) is 12.3 Å². The van der Waals surface area contributed by atoms with Crippen LogP contribution < -0.4 is 15.0 Å². The summed E-state index contributed by atoms with van der Waals surface area (Å²) in [6, 6.07) is 19.1. The first-order valence-electron chi connectivity index (χ1n) is 11.4. The van der Waals surface area contributed by atoms with Crippen LogP contribution >= 0.6 is 0 Å². The summed E-state index contributed by atoms with van der Waals surface area (Å²) >= 11 is 0. The van der Waals surface area contributed by atoms with Crippen LogP contribution in [0.3, 0.4) is 0 Å². The predicted molar refractivity (Wildman–Crippen MR) is 135 cm³/mol. The highest BCUT2D eigenvalue weighted by atomic mass is 19.3. The number of amides is 2. The molecule has 1 aliphatic rings. The Morgan fingerprint density at radius 2 is 1.62 bits per heavy atom. The molecule has 0 spiro atoms. The lowest BCUT2D eigenvalue weighted by atomic mass is 9.97. The fraction of sp³-hybridized carbons (Fsp3) is 0.179. The average molecular weight is 507 g/mol. The maximum atomic E-state index is 15.0. The molecule has 0 atom stereocenters. The SMILES string of the molecule is COC(=O)/C=C1/c2ccccc2N(C(=O)c2ccc(NC(=O)c3ccccc3OC)cc2)CCC1(F)F. The molecular weight excluding hydrogens is 482 g/mol.